The molecule has 0 radical (unpaired) electrons. The van der Waals surface area contributed by atoms with Gasteiger partial charge in [0, 0.05) is 47.8 Å². The van der Waals surface area contributed by atoms with Crippen LogP contribution in [0.5, 0.6) is 0 Å². The lowest BCUT2D eigenvalue weighted by molar-refractivity contribution is -0.250. The highest BCUT2D eigenvalue weighted by Gasteiger charge is 2.74. The molecule has 6 heteroatoms. The Morgan fingerprint density at radius 2 is 1.79 bits per heavy atom. The summed E-state index contributed by atoms with van der Waals surface area (Å²) in [4.78, 5) is 25.4. The van der Waals surface area contributed by atoms with Crippen LogP contribution < -0.4 is 0 Å². The highest BCUT2D eigenvalue weighted by molar-refractivity contribution is 5.85. The maximum Gasteiger partial charge on any atom is 0.303 e. The first-order valence-electron chi connectivity index (χ1n) is 10.3. The number of aliphatic hydroxyl groups excluding tert-OH is 3. The molecular formula is C22H32O6. The first kappa shape index (κ1) is 20.0. The van der Waals surface area contributed by atoms with Crippen LogP contribution in [0.4, 0.5) is 0 Å². The minimum atomic E-state index is -0.926. The number of esters is 1. The Labute approximate surface area is 166 Å². The van der Waals surface area contributed by atoms with Crippen molar-refractivity contribution in [2.24, 2.45) is 34.0 Å². The van der Waals surface area contributed by atoms with Crippen molar-refractivity contribution in [3.8, 4) is 0 Å². The second kappa shape index (κ2) is 5.89. The van der Waals surface area contributed by atoms with E-state index in [1.807, 2.05) is 20.8 Å². The molecule has 2 bridgehead atoms. The standard InChI is InChI=1S/C22H32O6/c1-10-12-6-13(24)18-21(5)16(27)7-15(26)20(3,4)17(21)14(25)9-22(18,8-12)19(10)28-11(2)23/h12-13,15-19,24,26-27H,1,6-9H2,2-5H3/t12-,13+,15+,16+,17-,18+,19-,21-,22+/m1/s1. The molecule has 0 saturated heterocycles. The Balaban J connectivity index is 1.90. The average molecular weight is 392 g/mol. The Morgan fingerprint density at radius 1 is 1.14 bits per heavy atom. The summed E-state index contributed by atoms with van der Waals surface area (Å²) in [6, 6.07) is 0. The maximum atomic E-state index is 13.5. The van der Waals surface area contributed by atoms with Crippen molar-refractivity contribution < 1.29 is 29.6 Å². The lowest BCUT2D eigenvalue weighted by Gasteiger charge is -2.66. The van der Waals surface area contributed by atoms with Gasteiger partial charge in [-0.1, -0.05) is 27.4 Å². The zero-order chi connectivity index (χ0) is 20.8. The van der Waals surface area contributed by atoms with Gasteiger partial charge in [0.25, 0.3) is 0 Å². The number of carbonyl (C=O) groups excluding carboxylic acids is 2. The number of hydrogen-bond donors (Lipinski definition) is 3. The van der Waals surface area contributed by atoms with Crippen LogP contribution in [0.25, 0.3) is 0 Å². The number of ether oxygens (including phenoxy) is 1. The fraction of sp³-hybridized carbons (Fsp3) is 0.818. The third-order valence-corrected chi connectivity index (χ3v) is 8.71. The molecule has 4 saturated carbocycles. The normalized spacial score (nSPS) is 52.0. The van der Waals surface area contributed by atoms with Crippen LogP contribution in [-0.2, 0) is 14.3 Å². The summed E-state index contributed by atoms with van der Waals surface area (Å²) < 4.78 is 5.69. The van der Waals surface area contributed by atoms with Crippen molar-refractivity contribution in [2.45, 2.75) is 77.8 Å². The zero-order valence-corrected chi connectivity index (χ0v) is 17.1. The van der Waals surface area contributed by atoms with Crippen LogP contribution in [0.3, 0.4) is 0 Å². The smallest absolute Gasteiger partial charge is 0.303 e. The SMILES string of the molecule is C=C1[C@@H]2C[C@H](O)[C@@H]3[C@@](CC(=O)[C@@H]4C(C)(C)[C@@H](O)C[C@H](O)[C@]43C)(C2)[C@@H]1OC(C)=O. The minimum Gasteiger partial charge on any atom is -0.457 e. The van der Waals surface area contributed by atoms with Gasteiger partial charge in [0.1, 0.15) is 11.9 Å². The van der Waals surface area contributed by atoms with E-state index in [2.05, 4.69) is 6.58 Å². The minimum absolute atomic E-state index is 0.00267. The van der Waals surface area contributed by atoms with Gasteiger partial charge in [0.05, 0.1) is 18.3 Å². The second-order valence-corrected chi connectivity index (χ2v) is 10.5. The molecule has 3 N–H and O–H groups in total. The fourth-order valence-corrected chi connectivity index (χ4v) is 7.81. The predicted molar refractivity (Wildman–Crippen MR) is 101 cm³/mol. The lowest BCUT2D eigenvalue weighted by atomic mass is 9.39. The molecule has 28 heavy (non-hydrogen) atoms. The van der Waals surface area contributed by atoms with Crippen LogP contribution in [0.15, 0.2) is 12.2 Å². The van der Waals surface area contributed by atoms with E-state index in [9.17, 15) is 24.9 Å². The number of hydrogen-bond acceptors (Lipinski definition) is 6. The van der Waals surface area contributed by atoms with E-state index in [-0.39, 0.29) is 24.5 Å². The van der Waals surface area contributed by atoms with E-state index < -0.39 is 58.5 Å². The highest BCUT2D eigenvalue weighted by Crippen LogP contribution is 2.71. The Morgan fingerprint density at radius 3 is 2.39 bits per heavy atom. The first-order valence-corrected chi connectivity index (χ1v) is 10.3. The molecule has 0 aromatic heterocycles. The summed E-state index contributed by atoms with van der Waals surface area (Å²) in [5.74, 6) is -1.44. The summed E-state index contributed by atoms with van der Waals surface area (Å²) in [7, 11) is 0. The molecule has 0 unspecified atom stereocenters. The number of Topliss-reactive ketones (excluding diaryl/α,β-unsaturated/α-hetero) is 1. The van der Waals surface area contributed by atoms with Gasteiger partial charge >= 0.3 is 5.97 Å². The molecule has 156 valence electrons. The van der Waals surface area contributed by atoms with Crippen molar-refractivity contribution in [3.05, 3.63) is 12.2 Å². The molecule has 0 aliphatic heterocycles. The molecule has 4 rings (SSSR count). The molecule has 6 nitrogen and oxygen atoms in total. The maximum absolute atomic E-state index is 13.5. The molecule has 4 aliphatic carbocycles. The van der Waals surface area contributed by atoms with E-state index in [1.165, 1.54) is 6.92 Å². The monoisotopic (exact) mass is 392 g/mol. The van der Waals surface area contributed by atoms with Crippen molar-refractivity contribution in [1.29, 1.82) is 0 Å². The van der Waals surface area contributed by atoms with Gasteiger partial charge in [-0.05, 0) is 24.3 Å². The van der Waals surface area contributed by atoms with E-state index >= 15 is 0 Å². The topological polar surface area (TPSA) is 104 Å². The van der Waals surface area contributed by atoms with Crippen molar-refractivity contribution >= 4 is 11.8 Å². The summed E-state index contributed by atoms with van der Waals surface area (Å²) in [5.41, 5.74) is -1.59. The zero-order valence-electron chi connectivity index (χ0n) is 17.1. The summed E-state index contributed by atoms with van der Waals surface area (Å²) in [5, 5.41) is 33.0. The number of fused-ring (bicyclic) bond motifs is 3. The molecule has 0 amide bonds. The van der Waals surface area contributed by atoms with E-state index in [0.717, 1.165) is 5.57 Å². The third-order valence-electron chi connectivity index (χ3n) is 8.71. The number of aliphatic hydroxyl groups is 3. The Kier molecular flexibility index (Phi) is 4.22. The van der Waals surface area contributed by atoms with Crippen molar-refractivity contribution in [2.75, 3.05) is 0 Å². The molecule has 0 aromatic rings. The molecule has 0 heterocycles. The first-order chi connectivity index (χ1) is 12.9. The second-order valence-electron chi connectivity index (χ2n) is 10.5. The van der Waals surface area contributed by atoms with Crippen LogP contribution in [0, 0.1) is 34.0 Å². The largest absolute Gasteiger partial charge is 0.457 e. The lowest BCUT2D eigenvalue weighted by Crippen LogP contribution is -2.71. The fourth-order valence-electron chi connectivity index (χ4n) is 7.81. The van der Waals surface area contributed by atoms with Gasteiger partial charge in [0.2, 0.25) is 0 Å². The van der Waals surface area contributed by atoms with Crippen LogP contribution in [0.1, 0.15) is 53.4 Å². The molecule has 0 aromatic carbocycles. The van der Waals surface area contributed by atoms with Crippen molar-refractivity contribution in [3.63, 3.8) is 0 Å². The van der Waals surface area contributed by atoms with Crippen LogP contribution >= 0.6 is 0 Å². The van der Waals surface area contributed by atoms with Crippen LogP contribution in [-0.4, -0.2) is 51.5 Å². The summed E-state index contributed by atoms with van der Waals surface area (Å²) >= 11 is 0. The van der Waals surface area contributed by atoms with Gasteiger partial charge in [-0.15, -0.1) is 0 Å². The van der Waals surface area contributed by atoms with Gasteiger partial charge in [0.15, 0.2) is 0 Å². The molecule has 4 aliphatic rings. The van der Waals surface area contributed by atoms with Gasteiger partial charge in [-0.2, -0.15) is 0 Å². The Hall–Kier alpha value is -1.24. The average Bonchev–Trinajstić information content (AvgIpc) is 2.73. The highest BCUT2D eigenvalue weighted by atomic mass is 16.5. The van der Waals surface area contributed by atoms with E-state index in [4.69, 9.17) is 4.74 Å². The molecular weight excluding hydrogens is 360 g/mol. The van der Waals surface area contributed by atoms with Crippen LogP contribution in [0.2, 0.25) is 0 Å². The molecule has 4 fully saturated rings. The van der Waals surface area contributed by atoms with Gasteiger partial charge in [-0.25, -0.2) is 0 Å². The van der Waals surface area contributed by atoms with Gasteiger partial charge < -0.3 is 20.1 Å². The summed E-state index contributed by atoms with van der Waals surface area (Å²) in [6.45, 7) is 11.1. The third kappa shape index (κ3) is 2.25. The number of ketones is 1. The number of rotatable bonds is 1. The summed E-state index contributed by atoms with van der Waals surface area (Å²) in [6.07, 6.45) is -1.61. The van der Waals surface area contributed by atoms with Crippen molar-refractivity contribution in [1.82, 2.24) is 0 Å². The van der Waals surface area contributed by atoms with E-state index in [1.54, 1.807) is 0 Å². The number of carbonyl (C=O) groups is 2. The van der Waals surface area contributed by atoms with Gasteiger partial charge in [-0.3, -0.25) is 9.59 Å². The molecule has 1 spiro atoms. The quantitative estimate of drug-likeness (QED) is 0.463. The molecule has 9 atom stereocenters. The predicted octanol–water partition coefficient (Wildman–Crippen LogP) is 1.61. The Bertz CT molecular complexity index is 743. The van der Waals surface area contributed by atoms with E-state index in [0.29, 0.717) is 12.8 Å².